The van der Waals surface area contributed by atoms with E-state index in [0.29, 0.717) is 16.3 Å². The van der Waals surface area contributed by atoms with Crippen LogP contribution in [0.3, 0.4) is 0 Å². The fraction of sp³-hybridized carbons (Fsp3) is 0. The van der Waals surface area contributed by atoms with E-state index in [1.165, 1.54) is 0 Å². The van der Waals surface area contributed by atoms with Gasteiger partial charge in [-0.1, -0.05) is 139 Å². The molecule has 200 valence electrons. The first-order valence-electron chi connectivity index (χ1n) is 20.2. The lowest BCUT2D eigenvalue weighted by Crippen LogP contribution is -1.90. The maximum absolute atomic E-state index is 9.61. The highest BCUT2D eigenvalue weighted by Crippen LogP contribution is 2.44. The molecule has 8 aromatic carbocycles. The zero-order valence-electron chi connectivity index (χ0n) is 35.4. The normalized spacial score (nSPS) is 16.0. The number of hydrogen-bond donors (Lipinski definition) is 0. The Labute approximate surface area is 267 Å². The first kappa shape index (κ1) is 14.5. The smallest absolute Gasteiger partial charge is 0.143 e. The fourth-order valence-electron chi connectivity index (χ4n) is 5.94. The van der Waals surface area contributed by atoms with E-state index in [9.17, 15) is 8.22 Å². The van der Waals surface area contributed by atoms with Crippen LogP contribution in [0.1, 0.15) is 17.8 Å². The van der Waals surface area contributed by atoms with E-state index in [4.69, 9.17) is 14.0 Å². The minimum Gasteiger partial charge on any atom is -0.455 e. The van der Waals surface area contributed by atoms with Crippen molar-refractivity contribution in [1.82, 2.24) is 0 Å². The standard InChI is InChI=1S/C42H26O/c1-2-11-27(12-3-1)40-34-14-4-6-16-36(34)41(37-17-7-5-15-35(37)40)31-24-22-28-25-30(23-21-29(28)26-31)32-18-10-19-38-33-13-8-9-20-39(33)43-42(32)38/h1-26H/i8D,9D,10D,13D,18D,19D,20D,21D,22D,23D,24D,25D,26D. The molecule has 0 aliphatic rings. The van der Waals surface area contributed by atoms with Crippen molar-refractivity contribution in [2.24, 2.45) is 0 Å². The summed E-state index contributed by atoms with van der Waals surface area (Å²) in [5.74, 6) is 0. The van der Waals surface area contributed by atoms with Gasteiger partial charge in [0.1, 0.15) is 11.2 Å². The third-order valence-electron chi connectivity index (χ3n) is 7.81. The quantitative estimate of drug-likeness (QED) is 0.196. The van der Waals surface area contributed by atoms with Crippen molar-refractivity contribution < 1.29 is 22.2 Å². The summed E-state index contributed by atoms with van der Waals surface area (Å²) in [7, 11) is 0. The van der Waals surface area contributed by atoms with Gasteiger partial charge in [0.2, 0.25) is 0 Å². The molecule has 0 radical (unpaired) electrons. The summed E-state index contributed by atoms with van der Waals surface area (Å²) in [6.45, 7) is 0. The molecule has 0 saturated carbocycles. The van der Waals surface area contributed by atoms with Crippen LogP contribution < -0.4 is 0 Å². The molecule has 0 bridgehead atoms. The summed E-state index contributed by atoms with van der Waals surface area (Å²) >= 11 is 0. The minimum absolute atomic E-state index is 0.0470. The third kappa shape index (κ3) is 3.72. The molecule has 1 heterocycles. The van der Waals surface area contributed by atoms with Crippen LogP contribution in [-0.2, 0) is 0 Å². The average Bonchev–Trinajstić information content (AvgIpc) is 3.61. The Morgan fingerprint density at radius 2 is 0.977 bits per heavy atom. The predicted octanol–water partition coefficient (Wildman–Crippen LogP) is 12.0. The number of hydrogen-bond acceptors (Lipinski definition) is 1. The van der Waals surface area contributed by atoms with Gasteiger partial charge in [0.15, 0.2) is 0 Å². The van der Waals surface area contributed by atoms with Gasteiger partial charge in [-0.25, -0.2) is 0 Å². The summed E-state index contributed by atoms with van der Waals surface area (Å²) in [5.41, 5.74) is 0.939. The molecule has 0 saturated heterocycles. The van der Waals surface area contributed by atoms with Crippen molar-refractivity contribution in [3.63, 3.8) is 0 Å². The molecule has 0 spiro atoms. The van der Waals surface area contributed by atoms with E-state index < -0.39 is 78.1 Å². The summed E-state index contributed by atoms with van der Waals surface area (Å²) in [6, 6.07) is 17.8. The van der Waals surface area contributed by atoms with Crippen LogP contribution in [-0.4, -0.2) is 0 Å². The molecule has 9 aromatic rings. The van der Waals surface area contributed by atoms with Crippen LogP contribution in [0.4, 0.5) is 0 Å². The molecule has 1 heteroatoms. The first-order valence-corrected chi connectivity index (χ1v) is 13.7. The summed E-state index contributed by atoms with van der Waals surface area (Å²) < 4.78 is 122. The average molecular weight is 560 g/mol. The van der Waals surface area contributed by atoms with Gasteiger partial charge in [-0.15, -0.1) is 0 Å². The number of para-hydroxylation sites is 2. The van der Waals surface area contributed by atoms with E-state index in [2.05, 4.69) is 0 Å². The van der Waals surface area contributed by atoms with Crippen molar-refractivity contribution in [2.75, 3.05) is 0 Å². The van der Waals surface area contributed by atoms with Gasteiger partial charge in [0.25, 0.3) is 0 Å². The Hall–Kier alpha value is -5.66. The maximum Gasteiger partial charge on any atom is 0.143 e. The minimum atomic E-state index is -0.672. The molecule has 0 amide bonds. The molecule has 1 aromatic heterocycles. The van der Waals surface area contributed by atoms with Crippen molar-refractivity contribution in [3.8, 4) is 33.4 Å². The van der Waals surface area contributed by atoms with Crippen LogP contribution >= 0.6 is 0 Å². The SMILES string of the molecule is [2H]c1c([2H])c([2H])c2c(oc3c(-c4c([2H])c([2H])c5c([2H])c(-c6c7ccccc7c(-c7ccccc7)c7ccccc67)c([2H])c([2H])c5c4[2H])c([2H])c([2H])c([2H])c32)c1[2H]. The Kier molecular flexibility index (Phi) is 3.18. The second-order valence-corrected chi connectivity index (χ2v) is 10.2. The van der Waals surface area contributed by atoms with E-state index in [1.54, 1.807) is 0 Å². The van der Waals surface area contributed by atoms with Gasteiger partial charge in [0.05, 0.1) is 17.8 Å². The molecule has 0 unspecified atom stereocenters. The van der Waals surface area contributed by atoms with Crippen LogP contribution in [0.5, 0.6) is 0 Å². The Morgan fingerprint density at radius 3 is 1.67 bits per heavy atom. The molecule has 0 aliphatic carbocycles. The van der Waals surface area contributed by atoms with E-state index in [-0.39, 0.29) is 49.9 Å². The number of rotatable bonds is 3. The zero-order valence-corrected chi connectivity index (χ0v) is 22.4. The molecular weight excluding hydrogens is 520 g/mol. The lowest BCUT2D eigenvalue weighted by Gasteiger charge is -2.18. The molecule has 0 N–H and O–H groups in total. The fourth-order valence-corrected chi connectivity index (χ4v) is 5.94. The molecule has 43 heavy (non-hydrogen) atoms. The summed E-state index contributed by atoms with van der Waals surface area (Å²) in [4.78, 5) is 0. The molecule has 1 nitrogen and oxygen atoms in total. The van der Waals surface area contributed by atoms with E-state index in [0.717, 1.165) is 21.9 Å². The van der Waals surface area contributed by atoms with Crippen molar-refractivity contribution in [3.05, 3.63) is 157 Å². The molecule has 0 aliphatic heterocycles. The summed E-state index contributed by atoms with van der Waals surface area (Å²) in [5, 5.41) is 2.11. The van der Waals surface area contributed by atoms with Crippen LogP contribution in [0.25, 0.3) is 87.6 Å². The Balaban J connectivity index is 1.41. The van der Waals surface area contributed by atoms with Gasteiger partial charge in [-0.2, -0.15) is 0 Å². The van der Waals surface area contributed by atoms with E-state index >= 15 is 0 Å². The Bertz CT molecular complexity index is 3170. The number of fused-ring (bicyclic) bond motifs is 6. The lowest BCUT2D eigenvalue weighted by atomic mass is 9.85. The van der Waals surface area contributed by atoms with Crippen LogP contribution in [0, 0.1) is 0 Å². The number of benzene rings is 8. The van der Waals surface area contributed by atoms with Gasteiger partial charge in [0, 0.05) is 16.3 Å². The highest BCUT2D eigenvalue weighted by Gasteiger charge is 2.17. The van der Waals surface area contributed by atoms with Gasteiger partial charge >= 0.3 is 0 Å². The zero-order chi connectivity index (χ0) is 39.6. The maximum atomic E-state index is 9.61. The highest BCUT2D eigenvalue weighted by molar-refractivity contribution is 6.21. The van der Waals surface area contributed by atoms with Crippen molar-refractivity contribution >= 4 is 54.3 Å². The third-order valence-corrected chi connectivity index (χ3v) is 7.81. The van der Waals surface area contributed by atoms with E-state index in [1.807, 2.05) is 78.9 Å². The van der Waals surface area contributed by atoms with Gasteiger partial charge < -0.3 is 4.42 Å². The Morgan fingerprint density at radius 1 is 0.419 bits per heavy atom. The van der Waals surface area contributed by atoms with Gasteiger partial charge in [-0.05, 0) is 78.3 Å². The first-order chi connectivity index (χ1) is 26.8. The van der Waals surface area contributed by atoms with Crippen LogP contribution in [0.2, 0.25) is 0 Å². The largest absolute Gasteiger partial charge is 0.455 e. The predicted molar refractivity (Wildman–Crippen MR) is 183 cm³/mol. The van der Waals surface area contributed by atoms with Gasteiger partial charge in [-0.3, -0.25) is 0 Å². The highest BCUT2D eigenvalue weighted by atomic mass is 16.3. The number of furan rings is 1. The molecule has 0 atom stereocenters. The van der Waals surface area contributed by atoms with Crippen molar-refractivity contribution in [2.45, 2.75) is 0 Å². The van der Waals surface area contributed by atoms with Crippen LogP contribution in [0.15, 0.2) is 162 Å². The second kappa shape index (κ2) is 9.44. The molecular formula is C42H26O. The summed E-state index contributed by atoms with van der Waals surface area (Å²) in [6.07, 6.45) is 0. The topological polar surface area (TPSA) is 13.1 Å². The molecule has 9 rings (SSSR count). The molecule has 0 fully saturated rings. The monoisotopic (exact) mass is 559 g/mol. The lowest BCUT2D eigenvalue weighted by molar-refractivity contribution is 0.670. The second-order valence-electron chi connectivity index (χ2n) is 10.2. The van der Waals surface area contributed by atoms with Crippen molar-refractivity contribution in [1.29, 1.82) is 0 Å².